The third-order valence-corrected chi connectivity index (χ3v) is 3.51. The van der Waals surface area contributed by atoms with Crippen LogP contribution in [0.1, 0.15) is 29.7 Å². The predicted molar refractivity (Wildman–Crippen MR) is 77.8 cm³/mol. The summed E-state index contributed by atoms with van der Waals surface area (Å²) < 4.78 is 13.9. The molecular formula is C16H14ClFN2. The van der Waals surface area contributed by atoms with E-state index in [1.165, 1.54) is 6.07 Å². The van der Waals surface area contributed by atoms with Crippen LogP contribution in [-0.4, -0.2) is 0 Å². The Balaban J connectivity index is 2.10. The second-order valence-electron chi connectivity index (χ2n) is 4.51. The second-order valence-corrected chi connectivity index (χ2v) is 4.92. The van der Waals surface area contributed by atoms with Gasteiger partial charge < -0.3 is 5.32 Å². The fraction of sp³-hybridized carbons (Fsp3) is 0.188. The highest BCUT2D eigenvalue weighted by atomic mass is 35.5. The van der Waals surface area contributed by atoms with E-state index in [0.717, 1.165) is 5.56 Å². The Bertz CT molecular complexity index is 649. The first kappa shape index (κ1) is 14.5. The van der Waals surface area contributed by atoms with E-state index in [9.17, 15) is 4.39 Å². The van der Waals surface area contributed by atoms with Crippen molar-refractivity contribution < 1.29 is 4.39 Å². The zero-order valence-electron chi connectivity index (χ0n) is 11.0. The summed E-state index contributed by atoms with van der Waals surface area (Å²) in [7, 11) is 0. The van der Waals surface area contributed by atoms with Crippen LogP contribution in [0.5, 0.6) is 0 Å². The molecule has 0 aliphatic carbocycles. The van der Waals surface area contributed by atoms with Crippen molar-refractivity contribution in [2.45, 2.75) is 19.5 Å². The largest absolute Gasteiger partial charge is 0.306 e. The lowest BCUT2D eigenvalue weighted by Crippen LogP contribution is -2.19. The highest BCUT2D eigenvalue weighted by Crippen LogP contribution is 2.22. The first-order valence-electron chi connectivity index (χ1n) is 6.28. The zero-order chi connectivity index (χ0) is 14.5. The standard InChI is InChI=1S/C16H14ClFN2/c1-11(14-7-2-3-8-15(14)17)20-10-13-6-4-5-12(9-19)16(13)18/h2-8,11,20H,10H2,1H3. The number of hydrogen-bond donors (Lipinski definition) is 1. The summed E-state index contributed by atoms with van der Waals surface area (Å²) in [5.41, 5.74) is 1.50. The summed E-state index contributed by atoms with van der Waals surface area (Å²) in [5.74, 6) is -0.464. The van der Waals surface area contributed by atoms with Crippen LogP contribution >= 0.6 is 11.6 Å². The lowest BCUT2D eigenvalue weighted by Gasteiger charge is -2.16. The van der Waals surface area contributed by atoms with Crippen LogP contribution in [0.15, 0.2) is 42.5 Å². The lowest BCUT2D eigenvalue weighted by molar-refractivity contribution is 0.543. The summed E-state index contributed by atoms with van der Waals surface area (Å²) >= 11 is 6.12. The normalized spacial score (nSPS) is 11.9. The fourth-order valence-corrected chi connectivity index (χ4v) is 2.30. The first-order chi connectivity index (χ1) is 9.63. The predicted octanol–water partition coefficient (Wildman–Crippen LogP) is 4.20. The molecule has 1 N–H and O–H groups in total. The van der Waals surface area contributed by atoms with Gasteiger partial charge in [-0.2, -0.15) is 5.26 Å². The van der Waals surface area contributed by atoms with E-state index in [-0.39, 0.29) is 11.6 Å². The number of rotatable bonds is 4. The van der Waals surface area contributed by atoms with Crippen molar-refractivity contribution in [2.75, 3.05) is 0 Å². The summed E-state index contributed by atoms with van der Waals surface area (Å²) in [6.45, 7) is 2.31. The third kappa shape index (κ3) is 3.16. The molecule has 4 heteroatoms. The topological polar surface area (TPSA) is 35.8 Å². The smallest absolute Gasteiger partial charge is 0.145 e. The van der Waals surface area contributed by atoms with Crippen molar-refractivity contribution in [1.29, 1.82) is 5.26 Å². The van der Waals surface area contributed by atoms with Gasteiger partial charge >= 0.3 is 0 Å². The molecule has 0 saturated carbocycles. The van der Waals surface area contributed by atoms with E-state index in [1.807, 2.05) is 37.3 Å². The summed E-state index contributed by atoms with van der Waals surface area (Å²) in [6.07, 6.45) is 0. The van der Waals surface area contributed by atoms with Gasteiger partial charge in [-0.15, -0.1) is 0 Å². The molecule has 0 aliphatic heterocycles. The molecule has 1 atom stereocenters. The summed E-state index contributed by atoms with van der Waals surface area (Å²) in [4.78, 5) is 0. The molecule has 0 fully saturated rings. The SMILES string of the molecule is CC(NCc1cccc(C#N)c1F)c1ccccc1Cl. The number of halogens is 2. The molecule has 0 radical (unpaired) electrons. The molecular weight excluding hydrogens is 275 g/mol. The highest BCUT2D eigenvalue weighted by molar-refractivity contribution is 6.31. The van der Waals surface area contributed by atoms with E-state index in [4.69, 9.17) is 16.9 Å². The maximum Gasteiger partial charge on any atom is 0.145 e. The monoisotopic (exact) mass is 288 g/mol. The molecule has 0 amide bonds. The van der Waals surface area contributed by atoms with Crippen molar-refractivity contribution in [2.24, 2.45) is 0 Å². The Labute approximate surface area is 122 Å². The molecule has 20 heavy (non-hydrogen) atoms. The molecule has 0 bridgehead atoms. The molecule has 102 valence electrons. The van der Waals surface area contributed by atoms with Gasteiger partial charge in [0.1, 0.15) is 11.9 Å². The maximum atomic E-state index is 13.9. The average Bonchev–Trinajstić information content (AvgIpc) is 2.46. The molecule has 2 nitrogen and oxygen atoms in total. The number of nitrogens with one attached hydrogen (secondary N) is 1. The van der Waals surface area contributed by atoms with E-state index in [2.05, 4.69) is 5.32 Å². The summed E-state index contributed by atoms with van der Waals surface area (Å²) in [6, 6.07) is 14.2. The Hall–Kier alpha value is -1.89. The molecule has 2 aromatic rings. The van der Waals surface area contributed by atoms with Crippen LogP contribution in [0, 0.1) is 17.1 Å². The molecule has 2 rings (SSSR count). The van der Waals surface area contributed by atoms with E-state index in [0.29, 0.717) is 17.1 Å². The van der Waals surface area contributed by atoms with Gasteiger partial charge in [0, 0.05) is 23.2 Å². The maximum absolute atomic E-state index is 13.9. The number of benzene rings is 2. The van der Waals surface area contributed by atoms with Crippen molar-refractivity contribution in [3.63, 3.8) is 0 Å². The third-order valence-electron chi connectivity index (χ3n) is 3.17. The van der Waals surface area contributed by atoms with Gasteiger partial charge in [0.15, 0.2) is 0 Å². The number of nitriles is 1. The Kier molecular flexibility index (Phi) is 4.73. The van der Waals surface area contributed by atoms with Gasteiger partial charge in [-0.25, -0.2) is 4.39 Å². The van der Waals surface area contributed by atoms with E-state index < -0.39 is 5.82 Å². The van der Waals surface area contributed by atoms with Crippen LogP contribution < -0.4 is 5.32 Å². The highest BCUT2D eigenvalue weighted by Gasteiger charge is 2.11. The lowest BCUT2D eigenvalue weighted by atomic mass is 10.1. The van der Waals surface area contributed by atoms with Crippen molar-refractivity contribution >= 4 is 11.6 Å². The van der Waals surface area contributed by atoms with Gasteiger partial charge in [0.05, 0.1) is 5.56 Å². The number of nitrogens with zero attached hydrogens (tertiary/aromatic N) is 1. The van der Waals surface area contributed by atoms with Crippen molar-refractivity contribution in [3.05, 3.63) is 70.0 Å². The molecule has 0 aromatic heterocycles. The molecule has 0 spiro atoms. The summed E-state index contributed by atoms with van der Waals surface area (Å²) in [5, 5.41) is 12.7. The van der Waals surface area contributed by atoms with Crippen LogP contribution in [-0.2, 0) is 6.54 Å². The molecule has 0 saturated heterocycles. The van der Waals surface area contributed by atoms with Crippen LogP contribution in [0.2, 0.25) is 5.02 Å². The van der Waals surface area contributed by atoms with E-state index >= 15 is 0 Å². The first-order valence-corrected chi connectivity index (χ1v) is 6.66. The fourth-order valence-electron chi connectivity index (χ4n) is 2.00. The Morgan fingerprint density at radius 3 is 2.70 bits per heavy atom. The minimum Gasteiger partial charge on any atom is -0.306 e. The van der Waals surface area contributed by atoms with Crippen LogP contribution in [0.3, 0.4) is 0 Å². The second kappa shape index (κ2) is 6.51. The van der Waals surface area contributed by atoms with Crippen molar-refractivity contribution in [1.82, 2.24) is 5.32 Å². The van der Waals surface area contributed by atoms with Gasteiger partial charge in [-0.1, -0.05) is 41.9 Å². The van der Waals surface area contributed by atoms with Gasteiger partial charge in [0.2, 0.25) is 0 Å². The molecule has 2 aromatic carbocycles. The van der Waals surface area contributed by atoms with Crippen molar-refractivity contribution in [3.8, 4) is 6.07 Å². The zero-order valence-corrected chi connectivity index (χ0v) is 11.8. The average molecular weight is 289 g/mol. The molecule has 1 unspecified atom stereocenters. The molecule has 0 aliphatic rings. The minimum absolute atomic E-state index is 0.00570. The quantitative estimate of drug-likeness (QED) is 0.915. The van der Waals surface area contributed by atoms with Crippen LogP contribution in [0.25, 0.3) is 0 Å². The van der Waals surface area contributed by atoms with Gasteiger partial charge in [0.25, 0.3) is 0 Å². The minimum atomic E-state index is -0.464. The Morgan fingerprint density at radius 2 is 2.00 bits per heavy atom. The van der Waals surface area contributed by atoms with E-state index in [1.54, 1.807) is 12.1 Å². The van der Waals surface area contributed by atoms with Crippen LogP contribution in [0.4, 0.5) is 4.39 Å². The number of hydrogen-bond acceptors (Lipinski definition) is 2. The molecule has 0 heterocycles. The van der Waals surface area contributed by atoms with Gasteiger partial charge in [-0.05, 0) is 24.6 Å². The Morgan fingerprint density at radius 1 is 1.25 bits per heavy atom. The van der Waals surface area contributed by atoms with Gasteiger partial charge in [-0.3, -0.25) is 0 Å².